The highest BCUT2D eigenvalue weighted by atomic mass is 28.4. The van der Waals surface area contributed by atoms with Gasteiger partial charge in [0.2, 0.25) is 0 Å². The largest absolute Gasteiger partial charge is 0.507 e. The second-order valence-electron chi connectivity index (χ2n) is 5.95. The highest BCUT2D eigenvalue weighted by Gasteiger charge is 2.47. The molecular weight excluding hydrogens is 300 g/mol. The van der Waals surface area contributed by atoms with Crippen molar-refractivity contribution >= 4 is 24.7 Å². The van der Waals surface area contributed by atoms with Crippen LogP contribution in [-0.2, 0) is 9.22 Å². The van der Waals surface area contributed by atoms with Crippen LogP contribution in [0.5, 0.6) is 0 Å². The summed E-state index contributed by atoms with van der Waals surface area (Å²) in [6.45, 7) is 9.79. The molecule has 0 aromatic heterocycles. The first-order valence-electron chi connectivity index (χ1n) is 8.02. The van der Waals surface area contributed by atoms with Gasteiger partial charge in [-0.05, 0) is 22.8 Å². The van der Waals surface area contributed by atoms with E-state index in [1.165, 1.54) is 0 Å². The summed E-state index contributed by atoms with van der Waals surface area (Å²) in [5, 5.41) is 2.24. The van der Waals surface area contributed by atoms with Gasteiger partial charge < -0.3 is 4.43 Å². The lowest BCUT2D eigenvalue weighted by molar-refractivity contribution is -0.130. The summed E-state index contributed by atoms with van der Waals surface area (Å²) < 4.78 is 6.22. The summed E-state index contributed by atoms with van der Waals surface area (Å²) in [4.78, 5) is 12.4. The third-order valence-corrected chi connectivity index (χ3v) is 9.00. The van der Waals surface area contributed by atoms with Crippen LogP contribution in [-0.4, -0.2) is 14.3 Å². The van der Waals surface area contributed by atoms with Crippen LogP contribution in [0.1, 0.15) is 27.2 Å². The molecule has 0 spiro atoms. The van der Waals surface area contributed by atoms with E-state index in [0.29, 0.717) is 5.57 Å². The van der Waals surface area contributed by atoms with Crippen LogP contribution in [0.15, 0.2) is 72.8 Å². The third-order valence-electron chi connectivity index (χ3n) is 4.31. The summed E-state index contributed by atoms with van der Waals surface area (Å²) in [6, 6.07) is 20.3. The molecule has 0 aliphatic carbocycles. The summed E-state index contributed by atoms with van der Waals surface area (Å²) in [6.07, 6.45) is 0.944. The fraction of sp³-hybridized carbons (Fsp3) is 0.250. The Morgan fingerprint density at radius 3 is 1.83 bits per heavy atom. The van der Waals surface area contributed by atoms with Crippen LogP contribution in [0.3, 0.4) is 0 Å². The summed E-state index contributed by atoms with van der Waals surface area (Å²) in [5.41, 5.74) is 0.702. The maximum atomic E-state index is 12.4. The van der Waals surface area contributed by atoms with Gasteiger partial charge in [-0.25, -0.2) is 4.79 Å². The molecule has 0 amide bonds. The van der Waals surface area contributed by atoms with Gasteiger partial charge in [0.25, 0.3) is 0 Å². The molecule has 120 valence electrons. The number of rotatable bonds is 6. The zero-order valence-corrected chi connectivity index (χ0v) is 15.1. The van der Waals surface area contributed by atoms with Gasteiger partial charge in [-0.15, -0.1) is 0 Å². The molecule has 1 unspecified atom stereocenters. The summed E-state index contributed by atoms with van der Waals surface area (Å²) in [5.74, 6) is -0.301. The van der Waals surface area contributed by atoms with E-state index in [4.69, 9.17) is 4.43 Å². The minimum absolute atomic E-state index is 0.260. The van der Waals surface area contributed by atoms with E-state index in [2.05, 4.69) is 44.7 Å². The van der Waals surface area contributed by atoms with Crippen molar-refractivity contribution in [3.63, 3.8) is 0 Å². The average molecular weight is 324 g/mol. The fourth-order valence-corrected chi connectivity index (χ4v) is 7.17. The van der Waals surface area contributed by atoms with E-state index < -0.39 is 8.32 Å². The highest BCUT2D eigenvalue weighted by Crippen LogP contribution is 2.27. The molecule has 0 N–H and O–H groups in total. The minimum Gasteiger partial charge on any atom is -0.507 e. The predicted octanol–water partition coefficient (Wildman–Crippen LogP) is 3.67. The standard InChI is InChI=1S/C20H24O2Si/c1-5-17(4)23(22-20(21)16(2)3,18-12-8-6-9-13-18)19-14-10-7-11-15-19/h6-15,17H,2,5H2,1,3-4H3. The molecular formula is C20H24O2Si. The first kappa shape index (κ1) is 17.2. The Morgan fingerprint density at radius 2 is 1.48 bits per heavy atom. The molecule has 0 bridgehead atoms. The lowest BCUT2D eigenvalue weighted by Gasteiger charge is -2.36. The van der Waals surface area contributed by atoms with E-state index in [-0.39, 0.29) is 11.5 Å². The Bertz CT molecular complexity index is 625. The van der Waals surface area contributed by atoms with E-state index in [1.807, 2.05) is 36.4 Å². The SMILES string of the molecule is C=C(C)C(=O)O[Si](c1ccccc1)(c1ccccc1)C(C)CC. The van der Waals surface area contributed by atoms with Gasteiger partial charge in [0.05, 0.1) is 0 Å². The van der Waals surface area contributed by atoms with Crippen molar-refractivity contribution in [2.45, 2.75) is 32.7 Å². The molecule has 1 atom stereocenters. The van der Waals surface area contributed by atoms with Gasteiger partial charge in [-0.2, -0.15) is 0 Å². The van der Waals surface area contributed by atoms with Crippen molar-refractivity contribution in [3.8, 4) is 0 Å². The summed E-state index contributed by atoms with van der Waals surface area (Å²) >= 11 is 0. The van der Waals surface area contributed by atoms with Gasteiger partial charge in [0.1, 0.15) is 0 Å². The second kappa shape index (κ2) is 7.42. The van der Waals surface area contributed by atoms with Gasteiger partial charge in [0.15, 0.2) is 0 Å². The number of hydrogen-bond donors (Lipinski definition) is 0. The zero-order valence-electron chi connectivity index (χ0n) is 14.1. The van der Waals surface area contributed by atoms with Gasteiger partial charge >= 0.3 is 14.3 Å². The smallest absolute Gasteiger partial charge is 0.321 e. The Labute approximate surface area is 139 Å². The van der Waals surface area contributed by atoms with Crippen molar-refractivity contribution in [3.05, 3.63) is 72.8 Å². The molecule has 0 radical (unpaired) electrons. The molecule has 2 rings (SSSR count). The molecule has 0 aliphatic heterocycles. The summed E-state index contributed by atoms with van der Waals surface area (Å²) in [7, 11) is -2.69. The van der Waals surface area contributed by atoms with E-state index in [9.17, 15) is 4.79 Å². The maximum Gasteiger partial charge on any atom is 0.321 e. The molecule has 2 aromatic carbocycles. The van der Waals surface area contributed by atoms with Gasteiger partial charge in [-0.3, -0.25) is 0 Å². The second-order valence-corrected chi connectivity index (χ2v) is 9.76. The first-order chi connectivity index (χ1) is 11.0. The molecule has 2 aromatic rings. The van der Waals surface area contributed by atoms with Gasteiger partial charge in [-0.1, -0.05) is 87.5 Å². The van der Waals surface area contributed by atoms with E-state index >= 15 is 0 Å². The van der Waals surface area contributed by atoms with Crippen molar-refractivity contribution in [1.82, 2.24) is 0 Å². The average Bonchev–Trinajstić information content (AvgIpc) is 2.60. The number of hydrogen-bond acceptors (Lipinski definition) is 2. The molecule has 0 aliphatic rings. The molecule has 2 nitrogen and oxygen atoms in total. The zero-order chi connectivity index (χ0) is 16.9. The number of carbonyl (C=O) groups is 1. The molecule has 0 heterocycles. The van der Waals surface area contributed by atoms with Crippen molar-refractivity contribution in [2.75, 3.05) is 0 Å². The van der Waals surface area contributed by atoms with Crippen molar-refractivity contribution in [2.24, 2.45) is 0 Å². The minimum atomic E-state index is -2.69. The lowest BCUT2D eigenvalue weighted by Crippen LogP contribution is -2.64. The molecule has 0 fully saturated rings. The van der Waals surface area contributed by atoms with E-state index in [0.717, 1.165) is 16.8 Å². The Morgan fingerprint density at radius 1 is 1.04 bits per heavy atom. The maximum absolute atomic E-state index is 12.4. The Balaban J connectivity index is 2.68. The van der Waals surface area contributed by atoms with Gasteiger partial charge in [0, 0.05) is 5.57 Å². The predicted molar refractivity (Wildman–Crippen MR) is 98.5 cm³/mol. The molecule has 23 heavy (non-hydrogen) atoms. The van der Waals surface area contributed by atoms with Crippen LogP contribution >= 0.6 is 0 Å². The lowest BCUT2D eigenvalue weighted by atomic mass is 10.3. The number of carbonyl (C=O) groups excluding carboxylic acids is 1. The highest BCUT2D eigenvalue weighted by molar-refractivity contribution is 6.99. The fourth-order valence-electron chi connectivity index (χ4n) is 2.85. The van der Waals surface area contributed by atoms with Crippen molar-refractivity contribution < 1.29 is 9.22 Å². The van der Waals surface area contributed by atoms with Crippen LogP contribution in [0.25, 0.3) is 0 Å². The van der Waals surface area contributed by atoms with Crippen LogP contribution in [0.4, 0.5) is 0 Å². The van der Waals surface area contributed by atoms with Crippen LogP contribution in [0.2, 0.25) is 5.54 Å². The van der Waals surface area contributed by atoms with Crippen LogP contribution in [0, 0.1) is 0 Å². The molecule has 0 saturated heterocycles. The molecule has 0 saturated carbocycles. The van der Waals surface area contributed by atoms with E-state index in [1.54, 1.807) is 6.92 Å². The van der Waals surface area contributed by atoms with Crippen LogP contribution < -0.4 is 10.4 Å². The van der Waals surface area contributed by atoms with Crippen molar-refractivity contribution in [1.29, 1.82) is 0 Å². The third kappa shape index (κ3) is 3.45. The topological polar surface area (TPSA) is 26.3 Å². The monoisotopic (exact) mass is 324 g/mol. The Kier molecular flexibility index (Phi) is 5.56. The quantitative estimate of drug-likeness (QED) is 0.599. The molecule has 3 heteroatoms. The normalized spacial score (nSPS) is 12.5. The first-order valence-corrected chi connectivity index (χ1v) is 10.0. The number of benzene rings is 2. The Hall–Kier alpha value is -2.13.